The van der Waals surface area contributed by atoms with E-state index in [1.165, 1.54) is 21.8 Å². The van der Waals surface area contributed by atoms with Crippen LogP contribution in [0.4, 0.5) is 11.5 Å². The summed E-state index contributed by atoms with van der Waals surface area (Å²) in [7, 11) is 0. The zero-order valence-corrected chi connectivity index (χ0v) is 21.9. The van der Waals surface area contributed by atoms with Crippen LogP contribution < -0.4 is 15.4 Å². The van der Waals surface area contributed by atoms with E-state index in [1.807, 2.05) is 36.4 Å². The molecule has 0 N–H and O–H groups in total. The summed E-state index contributed by atoms with van der Waals surface area (Å²) < 4.78 is 2.09. The normalized spacial score (nSPS) is 17.6. The summed E-state index contributed by atoms with van der Waals surface area (Å²) >= 11 is 6.77. The number of nitrogens with zero attached hydrogens (tertiary/aromatic N) is 5. The fraction of sp³-hybridized carbons (Fsp3) is 0.333. The molecule has 0 spiro atoms. The van der Waals surface area contributed by atoms with Crippen LogP contribution in [0, 0.1) is 0 Å². The summed E-state index contributed by atoms with van der Waals surface area (Å²) in [6, 6.07) is 15.9. The number of fused-ring (bicyclic) bond motifs is 1. The zero-order chi connectivity index (χ0) is 25.1. The van der Waals surface area contributed by atoms with Crippen molar-refractivity contribution in [2.24, 2.45) is 0 Å². The predicted octanol–water partition coefficient (Wildman–Crippen LogP) is 4.41. The number of thioether (sulfide) groups is 1. The molecule has 0 unspecified atom stereocenters. The number of piperazine rings is 1. The first-order valence-corrected chi connectivity index (χ1v) is 13.6. The Morgan fingerprint density at radius 2 is 1.69 bits per heavy atom. The molecule has 0 aliphatic carbocycles. The van der Waals surface area contributed by atoms with Crippen LogP contribution in [0.25, 0.3) is 11.7 Å². The molecule has 9 heteroatoms. The number of thiocarbonyl (C=S) groups is 1. The molecule has 0 saturated carbocycles. The topological polar surface area (TPSA) is 61.2 Å². The molecule has 0 atom stereocenters. The van der Waals surface area contributed by atoms with Crippen LogP contribution in [0.3, 0.4) is 0 Å². The molecular formula is C27H29N5O2S2. The van der Waals surface area contributed by atoms with Crippen molar-refractivity contribution in [2.45, 2.75) is 26.2 Å². The van der Waals surface area contributed by atoms with Gasteiger partial charge in [-0.25, -0.2) is 4.98 Å². The highest BCUT2D eigenvalue weighted by molar-refractivity contribution is 8.26. The van der Waals surface area contributed by atoms with Crippen LogP contribution in [0.1, 0.15) is 31.7 Å². The minimum atomic E-state index is -0.183. The van der Waals surface area contributed by atoms with Gasteiger partial charge in [-0.1, -0.05) is 68.0 Å². The molecule has 0 bridgehead atoms. The molecule has 2 aliphatic heterocycles. The fourth-order valence-corrected chi connectivity index (χ4v) is 5.91. The number of hydrogen-bond acceptors (Lipinski definition) is 7. The first kappa shape index (κ1) is 24.5. The standard InChI is InChI=1S/C27H29N5O2S2/c1-2-3-8-14-32-26(34)22(36-27(32)35)19-21-24(28-23-12-7-9-13-31(23)25(21)33)30-17-15-29(16-18-30)20-10-5-4-6-11-20/h4-7,9-13,19H,2-3,8,14-18H2,1H3/b22-19-. The number of aromatic nitrogens is 2. The molecule has 7 nitrogen and oxygen atoms in total. The van der Waals surface area contributed by atoms with E-state index in [1.54, 1.807) is 17.2 Å². The summed E-state index contributed by atoms with van der Waals surface area (Å²) in [6.07, 6.45) is 6.45. The number of rotatable bonds is 7. The van der Waals surface area contributed by atoms with E-state index in [2.05, 4.69) is 28.9 Å². The number of carbonyl (C=O) groups is 1. The molecule has 2 aromatic heterocycles. The fourth-order valence-electron chi connectivity index (χ4n) is 4.62. The molecule has 2 fully saturated rings. The van der Waals surface area contributed by atoms with Gasteiger partial charge in [0.1, 0.15) is 15.8 Å². The van der Waals surface area contributed by atoms with Crippen LogP contribution in [0.2, 0.25) is 0 Å². The number of para-hydroxylation sites is 1. The number of hydrogen-bond donors (Lipinski definition) is 0. The molecule has 1 aromatic carbocycles. The highest BCUT2D eigenvalue weighted by Crippen LogP contribution is 2.34. The number of anilines is 2. The third kappa shape index (κ3) is 4.90. The lowest BCUT2D eigenvalue weighted by Gasteiger charge is -2.37. The van der Waals surface area contributed by atoms with Crippen molar-refractivity contribution in [1.82, 2.24) is 14.3 Å². The number of unbranched alkanes of at least 4 members (excludes halogenated alkanes) is 2. The highest BCUT2D eigenvalue weighted by atomic mass is 32.2. The molecule has 2 saturated heterocycles. The Hall–Kier alpha value is -3.17. The van der Waals surface area contributed by atoms with Gasteiger partial charge in [-0.05, 0) is 36.8 Å². The van der Waals surface area contributed by atoms with Crippen molar-refractivity contribution in [1.29, 1.82) is 0 Å². The van der Waals surface area contributed by atoms with Crippen molar-refractivity contribution < 1.29 is 4.79 Å². The second-order valence-corrected chi connectivity index (χ2v) is 10.6. The van der Waals surface area contributed by atoms with Crippen LogP contribution in [-0.2, 0) is 4.79 Å². The third-order valence-corrected chi connectivity index (χ3v) is 7.96. The summed E-state index contributed by atoms with van der Waals surface area (Å²) in [6.45, 7) is 5.83. The Morgan fingerprint density at radius 3 is 2.44 bits per heavy atom. The molecule has 0 radical (unpaired) electrons. The van der Waals surface area contributed by atoms with Crippen molar-refractivity contribution in [3.05, 3.63) is 75.6 Å². The summed E-state index contributed by atoms with van der Waals surface area (Å²) in [4.78, 5) is 38.3. The SMILES string of the molecule is CCCCCN1C(=O)/C(=C/c2c(N3CCN(c4ccccc4)CC3)nc3ccccn3c2=O)SC1=S. The monoisotopic (exact) mass is 519 g/mol. The molecular weight excluding hydrogens is 490 g/mol. The Morgan fingerprint density at radius 1 is 0.972 bits per heavy atom. The maximum Gasteiger partial charge on any atom is 0.267 e. The van der Waals surface area contributed by atoms with Crippen molar-refractivity contribution >= 4 is 57.4 Å². The molecule has 1 amide bonds. The van der Waals surface area contributed by atoms with Crippen molar-refractivity contribution in [3.8, 4) is 0 Å². The summed E-state index contributed by atoms with van der Waals surface area (Å²) in [5.41, 5.74) is 2.03. The van der Waals surface area contributed by atoms with Gasteiger partial charge in [0.2, 0.25) is 0 Å². The first-order valence-electron chi connectivity index (χ1n) is 12.4. The van der Waals surface area contributed by atoms with Crippen molar-refractivity contribution in [3.63, 3.8) is 0 Å². The molecule has 186 valence electrons. The second kappa shape index (κ2) is 10.8. The number of pyridine rings is 1. The Labute approximate surface area is 220 Å². The molecule has 3 aromatic rings. The summed E-state index contributed by atoms with van der Waals surface area (Å²) in [5.74, 6) is 0.494. The minimum absolute atomic E-state index is 0.126. The Bertz CT molecular complexity index is 1360. The molecule has 5 rings (SSSR count). The molecule has 36 heavy (non-hydrogen) atoms. The van der Waals surface area contributed by atoms with Gasteiger partial charge in [0.15, 0.2) is 0 Å². The lowest BCUT2D eigenvalue weighted by atomic mass is 10.2. The van der Waals surface area contributed by atoms with E-state index in [-0.39, 0.29) is 11.5 Å². The van der Waals surface area contributed by atoms with Gasteiger partial charge in [-0.15, -0.1) is 0 Å². The van der Waals surface area contributed by atoms with E-state index in [0.29, 0.717) is 32.8 Å². The van der Waals surface area contributed by atoms with Crippen LogP contribution in [0.15, 0.2) is 64.4 Å². The lowest BCUT2D eigenvalue weighted by Crippen LogP contribution is -2.47. The smallest absolute Gasteiger partial charge is 0.267 e. The first-order chi connectivity index (χ1) is 17.6. The van der Waals surface area contributed by atoms with Gasteiger partial charge < -0.3 is 9.80 Å². The van der Waals surface area contributed by atoms with Gasteiger partial charge in [0.05, 0.1) is 10.5 Å². The van der Waals surface area contributed by atoms with Gasteiger partial charge >= 0.3 is 0 Å². The van der Waals surface area contributed by atoms with E-state index < -0.39 is 0 Å². The maximum absolute atomic E-state index is 13.6. The number of amides is 1. The minimum Gasteiger partial charge on any atom is -0.368 e. The Kier molecular flexibility index (Phi) is 7.38. The average molecular weight is 520 g/mol. The quantitative estimate of drug-likeness (QED) is 0.260. The third-order valence-electron chi connectivity index (χ3n) is 6.58. The van der Waals surface area contributed by atoms with Crippen LogP contribution >= 0.6 is 24.0 Å². The van der Waals surface area contributed by atoms with Gasteiger partial charge in [-0.2, -0.15) is 0 Å². The average Bonchev–Trinajstić information content (AvgIpc) is 3.18. The van der Waals surface area contributed by atoms with Gasteiger partial charge in [-0.3, -0.25) is 18.9 Å². The summed E-state index contributed by atoms with van der Waals surface area (Å²) in [5, 5.41) is 0. The van der Waals surface area contributed by atoms with E-state index in [0.717, 1.165) is 45.4 Å². The molecule has 2 aliphatic rings. The second-order valence-electron chi connectivity index (χ2n) is 8.93. The predicted molar refractivity (Wildman–Crippen MR) is 152 cm³/mol. The van der Waals surface area contributed by atoms with E-state index in [4.69, 9.17) is 17.2 Å². The number of carbonyl (C=O) groups excluding carboxylic acids is 1. The Balaban J connectivity index is 1.48. The largest absolute Gasteiger partial charge is 0.368 e. The highest BCUT2D eigenvalue weighted by Gasteiger charge is 2.32. The van der Waals surface area contributed by atoms with Gasteiger partial charge in [0.25, 0.3) is 11.5 Å². The van der Waals surface area contributed by atoms with Crippen LogP contribution in [0.5, 0.6) is 0 Å². The maximum atomic E-state index is 13.6. The van der Waals surface area contributed by atoms with E-state index in [9.17, 15) is 9.59 Å². The molecule has 4 heterocycles. The number of benzene rings is 1. The zero-order valence-electron chi connectivity index (χ0n) is 20.3. The lowest BCUT2D eigenvalue weighted by molar-refractivity contribution is -0.122. The van der Waals surface area contributed by atoms with Crippen LogP contribution in [-0.4, -0.2) is 57.2 Å². The van der Waals surface area contributed by atoms with Crippen molar-refractivity contribution in [2.75, 3.05) is 42.5 Å². The van der Waals surface area contributed by atoms with E-state index >= 15 is 0 Å². The van der Waals surface area contributed by atoms with Gasteiger partial charge in [0, 0.05) is 44.6 Å².